The summed E-state index contributed by atoms with van der Waals surface area (Å²) in [6.45, 7) is 5.13. The summed E-state index contributed by atoms with van der Waals surface area (Å²) in [4.78, 5) is 24.5. The number of anilines is 1. The lowest BCUT2D eigenvalue weighted by molar-refractivity contribution is -0.117. The first-order chi connectivity index (χ1) is 12.1. The van der Waals surface area contributed by atoms with Gasteiger partial charge in [0.25, 0.3) is 0 Å². The van der Waals surface area contributed by atoms with Crippen molar-refractivity contribution in [1.29, 1.82) is 0 Å². The third-order valence-electron chi connectivity index (χ3n) is 3.97. The maximum absolute atomic E-state index is 12.6. The molecular weight excluding hydrogens is 376 g/mol. The summed E-state index contributed by atoms with van der Waals surface area (Å²) < 4.78 is 30.9. The number of carbonyl (C=O) groups excluding carboxylic acids is 2. The third-order valence-corrected chi connectivity index (χ3v) is 6.02. The highest BCUT2D eigenvalue weighted by molar-refractivity contribution is 7.98. The van der Waals surface area contributed by atoms with Crippen LogP contribution in [0.1, 0.15) is 34.8 Å². The van der Waals surface area contributed by atoms with Crippen molar-refractivity contribution in [2.24, 2.45) is 0 Å². The minimum Gasteiger partial charge on any atom is -0.465 e. The van der Waals surface area contributed by atoms with Crippen molar-refractivity contribution in [3.05, 3.63) is 28.8 Å². The maximum Gasteiger partial charge on any atom is 0.338 e. The Labute approximate surface area is 159 Å². The molecule has 0 aliphatic rings. The number of hydrogen-bond acceptors (Lipinski definition) is 6. The second-order valence-electron chi connectivity index (χ2n) is 5.80. The fourth-order valence-electron chi connectivity index (χ4n) is 2.26. The first-order valence-corrected chi connectivity index (χ1v) is 11.2. The predicted molar refractivity (Wildman–Crippen MR) is 105 cm³/mol. The molecule has 9 heteroatoms. The topological polar surface area (TPSA) is 102 Å². The minimum atomic E-state index is -3.52. The Morgan fingerprint density at radius 1 is 1.27 bits per heavy atom. The lowest BCUT2D eigenvalue weighted by Crippen LogP contribution is -2.44. The van der Waals surface area contributed by atoms with Crippen LogP contribution in [0.2, 0.25) is 0 Å². The number of rotatable bonds is 9. The highest BCUT2D eigenvalue weighted by Crippen LogP contribution is 2.21. The number of methoxy groups -OCH3 is 1. The lowest BCUT2D eigenvalue weighted by atomic mass is 10.0. The molecule has 1 aromatic carbocycles. The Hall–Kier alpha value is -1.58. The number of nitrogens with one attached hydrogen (secondary N) is 2. The van der Waals surface area contributed by atoms with Gasteiger partial charge in [0.1, 0.15) is 6.04 Å². The van der Waals surface area contributed by atoms with Gasteiger partial charge in [0.2, 0.25) is 15.9 Å². The second-order valence-corrected chi connectivity index (χ2v) is 8.83. The second kappa shape index (κ2) is 9.94. The molecule has 2 N–H and O–H groups in total. The standard InChI is InChI=1S/C17H26N2O5S2/c1-6-26(22,23)19-15(7-8-25-5)16(20)18-13-9-11(2)12(3)14(10-13)17(21)24-4/h9-10,15,19H,6-8H2,1-5H3,(H,18,20). The first-order valence-electron chi connectivity index (χ1n) is 8.14. The first kappa shape index (κ1) is 22.5. The van der Waals surface area contributed by atoms with Gasteiger partial charge >= 0.3 is 5.97 Å². The zero-order valence-electron chi connectivity index (χ0n) is 15.7. The van der Waals surface area contributed by atoms with Crippen LogP contribution in [0.25, 0.3) is 0 Å². The van der Waals surface area contributed by atoms with Crippen molar-refractivity contribution < 1.29 is 22.7 Å². The Kier molecular flexibility index (Phi) is 8.58. The highest BCUT2D eigenvalue weighted by Gasteiger charge is 2.24. The number of thioether (sulfide) groups is 1. The summed E-state index contributed by atoms with van der Waals surface area (Å²) in [6.07, 6.45) is 2.25. The van der Waals surface area contributed by atoms with Gasteiger partial charge in [-0.2, -0.15) is 11.8 Å². The Bertz CT molecular complexity index is 763. The van der Waals surface area contributed by atoms with E-state index < -0.39 is 27.9 Å². The molecule has 0 fully saturated rings. The molecule has 146 valence electrons. The number of esters is 1. The Balaban J connectivity index is 3.08. The van der Waals surface area contributed by atoms with Gasteiger partial charge in [0.15, 0.2) is 0 Å². The van der Waals surface area contributed by atoms with Gasteiger partial charge in [-0.25, -0.2) is 17.9 Å². The van der Waals surface area contributed by atoms with E-state index in [4.69, 9.17) is 4.74 Å². The van der Waals surface area contributed by atoms with Crippen molar-refractivity contribution >= 4 is 39.3 Å². The number of amides is 1. The monoisotopic (exact) mass is 402 g/mol. The van der Waals surface area contributed by atoms with Crippen LogP contribution in [0, 0.1) is 13.8 Å². The van der Waals surface area contributed by atoms with Crippen LogP contribution in [0.5, 0.6) is 0 Å². The van der Waals surface area contributed by atoms with Crippen molar-refractivity contribution in [2.45, 2.75) is 33.2 Å². The van der Waals surface area contributed by atoms with Crippen molar-refractivity contribution in [3.63, 3.8) is 0 Å². The highest BCUT2D eigenvalue weighted by atomic mass is 32.2. The molecule has 7 nitrogen and oxygen atoms in total. The smallest absolute Gasteiger partial charge is 0.338 e. The summed E-state index contributed by atoms with van der Waals surface area (Å²) in [5.74, 6) is -0.431. The summed E-state index contributed by atoms with van der Waals surface area (Å²) in [5.41, 5.74) is 2.36. The van der Waals surface area contributed by atoms with Gasteiger partial charge in [-0.1, -0.05) is 0 Å². The molecule has 1 atom stereocenters. The molecule has 0 aromatic heterocycles. The van der Waals surface area contributed by atoms with E-state index in [1.54, 1.807) is 13.0 Å². The number of sulfonamides is 1. The van der Waals surface area contributed by atoms with Crippen molar-refractivity contribution in [3.8, 4) is 0 Å². The molecule has 0 bridgehead atoms. The van der Waals surface area contributed by atoms with Gasteiger partial charge in [-0.05, 0) is 62.5 Å². The van der Waals surface area contributed by atoms with Gasteiger partial charge in [-0.3, -0.25) is 4.79 Å². The summed E-state index contributed by atoms with van der Waals surface area (Å²) >= 11 is 1.52. The number of hydrogen-bond donors (Lipinski definition) is 2. The molecule has 0 aliphatic carbocycles. The van der Waals surface area contributed by atoms with E-state index in [-0.39, 0.29) is 5.75 Å². The minimum absolute atomic E-state index is 0.105. The molecule has 1 unspecified atom stereocenters. The molecule has 0 aliphatic heterocycles. The number of carbonyl (C=O) groups is 2. The van der Waals surface area contributed by atoms with Crippen LogP contribution in [-0.2, 0) is 19.6 Å². The lowest BCUT2D eigenvalue weighted by Gasteiger charge is -2.19. The van der Waals surface area contributed by atoms with Gasteiger partial charge in [0.05, 0.1) is 18.4 Å². The van der Waals surface area contributed by atoms with Crippen LogP contribution in [-0.4, -0.2) is 51.2 Å². The van der Waals surface area contributed by atoms with Crippen molar-refractivity contribution in [1.82, 2.24) is 4.72 Å². The molecule has 0 saturated carbocycles. The van der Waals surface area contributed by atoms with E-state index in [1.807, 2.05) is 13.2 Å². The quantitative estimate of drug-likeness (QED) is 0.613. The molecule has 0 radical (unpaired) electrons. The third kappa shape index (κ3) is 6.30. The number of aryl methyl sites for hydroxylation is 1. The molecule has 0 saturated heterocycles. The zero-order chi connectivity index (χ0) is 19.9. The van der Waals surface area contributed by atoms with Crippen LogP contribution in [0.4, 0.5) is 5.69 Å². The van der Waals surface area contributed by atoms with Gasteiger partial charge in [-0.15, -0.1) is 0 Å². The van der Waals surface area contributed by atoms with Gasteiger partial charge < -0.3 is 10.1 Å². The Morgan fingerprint density at radius 3 is 2.46 bits per heavy atom. The average Bonchev–Trinajstić information content (AvgIpc) is 2.60. The largest absolute Gasteiger partial charge is 0.465 e. The van der Waals surface area contributed by atoms with Crippen LogP contribution >= 0.6 is 11.8 Å². The van der Waals surface area contributed by atoms with E-state index in [0.29, 0.717) is 23.4 Å². The molecule has 0 heterocycles. The molecule has 26 heavy (non-hydrogen) atoms. The van der Waals surface area contributed by atoms with Crippen molar-refractivity contribution in [2.75, 3.05) is 30.2 Å². The number of ether oxygens (including phenoxy) is 1. The van der Waals surface area contributed by atoms with E-state index in [0.717, 1.165) is 11.1 Å². The molecule has 0 spiro atoms. The van der Waals surface area contributed by atoms with Gasteiger partial charge in [0, 0.05) is 5.69 Å². The molecule has 1 amide bonds. The van der Waals surface area contributed by atoms with Crippen LogP contribution < -0.4 is 10.0 Å². The predicted octanol–water partition coefficient (Wildman–Crippen LogP) is 2.09. The van der Waals surface area contributed by atoms with E-state index in [1.165, 1.54) is 31.9 Å². The SMILES string of the molecule is CCS(=O)(=O)NC(CCSC)C(=O)Nc1cc(C)c(C)c(C(=O)OC)c1. The maximum atomic E-state index is 12.6. The number of benzene rings is 1. The molecule has 1 rings (SSSR count). The molecular formula is C17H26N2O5S2. The van der Waals surface area contributed by atoms with E-state index in [2.05, 4.69) is 10.0 Å². The van der Waals surface area contributed by atoms with E-state index in [9.17, 15) is 18.0 Å². The Morgan fingerprint density at radius 2 is 1.92 bits per heavy atom. The van der Waals surface area contributed by atoms with Crippen LogP contribution in [0.3, 0.4) is 0 Å². The fourth-order valence-corrected chi connectivity index (χ4v) is 3.56. The normalized spacial score (nSPS) is 12.5. The van der Waals surface area contributed by atoms with Crippen LogP contribution in [0.15, 0.2) is 12.1 Å². The summed E-state index contributed by atoms with van der Waals surface area (Å²) in [6, 6.07) is 2.39. The fraction of sp³-hybridized carbons (Fsp3) is 0.529. The van der Waals surface area contributed by atoms with E-state index >= 15 is 0 Å². The molecule has 1 aromatic rings. The summed E-state index contributed by atoms with van der Waals surface area (Å²) in [5, 5.41) is 2.70. The zero-order valence-corrected chi connectivity index (χ0v) is 17.3. The summed E-state index contributed by atoms with van der Waals surface area (Å²) in [7, 11) is -2.23. The average molecular weight is 403 g/mol.